The number of amides is 2. The van der Waals surface area contributed by atoms with Gasteiger partial charge in [0.1, 0.15) is 11.6 Å². The van der Waals surface area contributed by atoms with Crippen molar-refractivity contribution in [1.82, 2.24) is 20.4 Å². The maximum atomic E-state index is 12.9. The molecule has 7 nitrogen and oxygen atoms in total. The van der Waals surface area contributed by atoms with E-state index in [4.69, 9.17) is 9.26 Å². The van der Waals surface area contributed by atoms with Crippen LogP contribution in [-0.2, 0) is 6.61 Å². The maximum absolute atomic E-state index is 12.9. The molecule has 0 atom stereocenters. The van der Waals surface area contributed by atoms with Crippen LogP contribution in [0.4, 0.5) is 9.18 Å². The van der Waals surface area contributed by atoms with E-state index in [1.54, 1.807) is 12.1 Å². The molecule has 4 rings (SSSR count). The standard InChI is InChI=1S/C21H27FN4O3/c22-16-6-8-18(9-7-16)28-14-19-24-20(25-29-19)15-10-12-26(13-11-15)21(27)23-17-4-2-1-3-5-17/h6-9,15,17H,1-5,10-14H2,(H,23,27). The van der Waals surface area contributed by atoms with Crippen molar-refractivity contribution >= 4 is 6.03 Å². The maximum Gasteiger partial charge on any atom is 0.317 e. The minimum absolute atomic E-state index is 0.0526. The number of carbonyl (C=O) groups excluding carboxylic acids is 1. The highest BCUT2D eigenvalue weighted by atomic mass is 19.1. The van der Waals surface area contributed by atoms with Crippen LogP contribution < -0.4 is 10.1 Å². The molecule has 1 aliphatic heterocycles. The van der Waals surface area contributed by atoms with Crippen LogP contribution in [0.5, 0.6) is 5.75 Å². The van der Waals surface area contributed by atoms with Gasteiger partial charge in [0.2, 0.25) is 0 Å². The second kappa shape index (κ2) is 9.24. The fourth-order valence-electron chi connectivity index (χ4n) is 4.02. The molecular weight excluding hydrogens is 375 g/mol. The Labute approximate surface area is 169 Å². The molecule has 2 amide bonds. The number of likely N-dealkylation sites (tertiary alicyclic amines) is 1. The smallest absolute Gasteiger partial charge is 0.317 e. The number of hydrogen-bond acceptors (Lipinski definition) is 5. The minimum Gasteiger partial charge on any atom is -0.484 e. The minimum atomic E-state index is -0.309. The molecule has 2 aliphatic rings. The zero-order chi connectivity index (χ0) is 20.1. The predicted octanol–water partition coefficient (Wildman–Crippen LogP) is 4.01. The number of hydrogen-bond donors (Lipinski definition) is 1. The van der Waals surface area contributed by atoms with E-state index >= 15 is 0 Å². The van der Waals surface area contributed by atoms with Gasteiger partial charge in [-0.2, -0.15) is 4.98 Å². The molecule has 156 valence electrons. The Morgan fingerprint density at radius 3 is 2.59 bits per heavy atom. The summed E-state index contributed by atoms with van der Waals surface area (Å²) in [5.41, 5.74) is 0. The Kier molecular flexibility index (Phi) is 6.27. The highest BCUT2D eigenvalue weighted by Crippen LogP contribution is 2.26. The number of carbonyl (C=O) groups is 1. The molecule has 2 heterocycles. The molecule has 0 unspecified atom stereocenters. The number of halogens is 1. The van der Waals surface area contributed by atoms with Gasteiger partial charge >= 0.3 is 6.03 Å². The van der Waals surface area contributed by atoms with Crippen LogP contribution in [0.15, 0.2) is 28.8 Å². The van der Waals surface area contributed by atoms with Gasteiger partial charge < -0.3 is 19.5 Å². The number of rotatable bonds is 5. The molecule has 1 aliphatic carbocycles. The summed E-state index contributed by atoms with van der Waals surface area (Å²) in [5.74, 6) is 1.47. The first kappa shape index (κ1) is 19.7. The Bertz CT molecular complexity index is 797. The van der Waals surface area contributed by atoms with Crippen LogP contribution in [0.25, 0.3) is 0 Å². The number of benzene rings is 1. The van der Waals surface area contributed by atoms with Crippen molar-refractivity contribution < 1.29 is 18.4 Å². The van der Waals surface area contributed by atoms with Gasteiger partial charge in [-0.05, 0) is 49.9 Å². The van der Waals surface area contributed by atoms with Crippen LogP contribution in [0.3, 0.4) is 0 Å². The molecule has 1 aromatic carbocycles. The highest BCUT2D eigenvalue weighted by Gasteiger charge is 2.28. The molecule has 1 aromatic heterocycles. The number of ether oxygens (including phenoxy) is 1. The normalized spacial score (nSPS) is 18.6. The van der Waals surface area contributed by atoms with Crippen LogP contribution in [0, 0.1) is 5.82 Å². The second-order valence-corrected chi connectivity index (χ2v) is 7.83. The van der Waals surface area contributed by atoms with Gasteiger partial charge in [0.15, 0.2) is 12.4 Å². The molecule has 1 saturated heterocycles. The van der Waals surface area contributed by atoms with E-state index in [1.807, 2.05) is 4.90 Å². The van der Waals surface area contributed by atoms with E-state index < -0.39 is 0 Å². The lowest BCUT2D eigenvalue weighted by molar-refractivity contribution is 0.173. The van der Waals surface area contributed by atoms with E-state index in [9.17, 15) is 9.18 Å². The number of urea groups is 1. The molecule has 29 heavy (non-hydrogen) atoms. The topological polar surface area (TPSA) is 80.5 Å². The monoisotopic (exact) mass is 402 g/mol. The highest BCUT2D eigenvalue weighted by molar-refractivity contribution is 5.74. The molecule has 2 fully saturated rings. The van der Waals surface area contributed by atoms with E-state index in [0.717, 1.165) is 25.7 Å². The van der Waals surface area contributed by atoms with Gasteiger partial charge in [-0.1, -0.05) is 24.4 Å². The van der Waals surface area contributed by atoms with Crippen molar-refractivity contribution in [3.63, 3.8) is 0 Å². The van der Waals surface area contributed by atoms with Crippen LogP contribution >= 0.6 is 0 Å². The van der Waals surface area contributed by atoms with E-state index in [1.165, 1.54) is 31.4 Å². The lowest BCUT2D eigenvalue weighted by Crippen LogP contribution is -2.48. The van der Waals surface area contributed by atoms with Crippen LogP contribution in [-0.4, -0.2) is 40.2 Å². The fourth-order valence-corrected chi connectivity index (χ4v) is 4.02. The molecule has 0 bridgehead atoms. The van der Waals surface area contributed by atoms with Gasteiger partial charge in [0, 0.05) is 25.0 Å². The number of nitrogens with zero attached hydrogens (tertiary/aromatic N) is 3. The SMILES string of the molecule is O=C(NC1CCCCC1)N1CCC(c2noc(COc3ccc(F)cc3)n2)CC1. The summed E-state index contributed by atoms with van der Waals surface area (Å²) in [7, 11) is 0. The van der Waals surface area contributed by atoms with Crippen molar-refractivity contribution in [3.05, 3.63) is 41.8 Å². The van der Waals surface area contributed by atoms with Gasteiger partial charge in [-0.3, -0.25) is 0 Å². The molecular formula is C21H27FN4O3. The van der Waals surface area contributed by atoms with E-state index in [-0.39, 0.29) is 24.4 Å². The first-order valence-corrected chi connectivity index (χ1v) is 10.4. The first-order chi connectivity index (χ1) is 14.2. The van der Waals surface area contributed by atoms with Crippen LogP contribution in [0.1, 0.15) is 62.6 Å². The van der Waals surface area contributed by atoms with Crippen molar-refractivity contribution in [2.45, 2.75) is 63.5 Å². The van der Waals surface area contributed by atoms with Gasteiger partial charge in [0.05, 0.1) is 0 Å². The largest absolute Gasteiger partial charge is 0.484 e. The zero-order valence-electron chi connectivity index (χ0n) is 16.5. The molecule has 1 saturated carbocycles. The quantitative estimate of drug-likeness (QED) is 0.817. The number of piperidine rings is 1. The zero-order valence-corrected chi connectivity index (χ0v) is 16.5. The van der Waals surface area contributed by atoms with Crippen LogP contribution in [0.2, 0.25) is 0 Å². The molecule has 0 radical (unpaired) electrons. The molecule has 8 heteroatoms. The summed E-state index contributed by atoms with van der Waals surface area (Å²) in [6.07, 6.45) is 7.50. The third-order valence-electron chi connectivity index (χ3n) is 5.74. The lowest BCUT2D eigenvalue weighted by Gasteiger charge is -2.33. The summed E-state index contributed by atoms with van der Waals surface area (Å²) < 4.78 is 23.8. The van der Waals surface area contributed by atoms with Crippen molar-refractivity contribution in [3.8, 4) is 5.75 Å². The second-order valence-electron chi connectivity index (χ2n) is 7.83. The third kappa shape index (κ3) is 5.25. The Morgan fingerprint density at radius 2 is 1.86 bits per heavy atom. The van der Waals surface area contributed by atoms with Crippen molar-refractivity contribution in [1.29, 1.82) is 0 Å². The Balaban J connectivity index is 1.23. The van der Waals surface area contributed by atoms with Crippen molar-refractivity contribution in [2.24, 2.45) is 0 Å². The Morgan fingerprint density at radius 1 is 1.14 bits per heavy atom. The lowest BCUT2D eigenvalue weighted by atomic mass is 9.95. The van der Waals surface area contributed by atoms with E-state index in [2.05, 4.69) is 15.5 Å². The first-order valence-electron chi connectivity index (χ1n) is 10.4. The predicted molar refractivity (Wildman–Crippen MR) is 104 cm³/mol. The molecule has 0 spiro atoms. The number of nitrogens with one attached hydrogen (secondary N) is 1. The molecule has 2 aromatic rings. The van der Waals surface area contributed by atoms with Gasteiger partial charge in [-0.15, -0.1) is 0 Å². The summed E-state index contributed by atoms with van der Waals surface area (Å²) in [4.78, 5) is 18.8. The number of aromatic nitrogens is 2. The van der Waals surface area contributed by atoms with Gasteiger partial charge in [0.25, 0.3) is 5.89 Å². The average molecular weight is 402 g/mol. The summed E-state index contributed by atoms with van der Waals surface area (Å²) in [6.45, 7) is 1.53. The summed E-state index contributed by atoms with van der Waals surface area (Å²) in [5, 5.41) is 7.26. The third-order valence-corrected chi connectivity index (χ3v) is 5.74. The van der Waals surface area contributed by atoms with E-state index in [0.29, 0.717) is 36.6 Å². The summed E-state index contributed by atoms with van der Waals surface area (Å²) in [6, 6.07) is 6.17. The Hall–Kier alpha value is -2.64. The van der Waals surface area contributed by atoms with Crippen molar-refractivity contribution in [2.75, 3.05) is 13.1 Å². The van der Waals surface area contributed by atoms with Gasteiger partial charge in [-0.25, -0.2) is 9.18 Å². The average Bonchev–Trinajstić information content (AvgIpc) is 3.23. The summed E-state index contributed by atoms with van der Waals surface area (Å²) >= 11 is 0. The molecule has 1 N–H and O–H groups in total. The fraction of sp³-hybridized carbons (Fsp3) is 0.571.